The van der Waals surface area contributed by atoms with E-state index in [1.807, 2.05) is 66.7 Å². The minimum atomic E-state index is 0.496. The van der Waals surface area contributed by atoms with Crippen molar-refractivity contribution in [2.75, 3.05) is 0 Å². The van der Waals surface area contributed by atoms with E-state index in [1.165, 1.54) is 0 Å². The number of para-hydroxylation sites is 6. The van der Waals surface area contributed by atoms with Crippen LogP contribution in [0.3, 0.4) is 0 Å². The van der Waals surface area contributed by atoms with E-state index in [2.05, 4.69) is 375 Å². The van der Waals surface area contributed by atoms with Crippen molar-refractivity contribution in [1.29, 1.82) is 0 Å². The smallest absolute Gasteiger partial charge is 0.238 e. The van der Waals surface area contributed by atoms with Gasteiger partial charge in [0.1, 0.15) is 11.2 Å². The molecule has 27 rings (SSSR count). The molecule has 0 aliphatic rings. The SMILES string of the molecule is c1ccc(-c2nc(-c3cccc(-c4cccc5c4c4ccc6c7ccccc7n(-c7ccccc7)c6c4n5-c4nc(-c5ccccc5)nc(-c5ccccc5)n4)c3)nc(-n3c4ccccc4c4cc5c(cc43)c3ccccc3n5-c3ccc(-c4cccc(-c5ccc6nc(-n7c8ccccc8c8c9oc%10ccccc%10c9ccc87)nc(-c7ccccc7)c6c5)c4)cc3)n2)cc1. The van der Waals surface area contributed by atoms with Gasteiger partial charge in [0.2, 0.25) is 17.8 Å². The maximum absolute atomic E-state index is 6.67. The lowest BCUT2D eigenvalue weighted by Crippen LogP contribution is -2.07. The molecule has 130 heavy (non-hydrogen) atoms. The van der Waals surface area contributed by atoms with E-state index >= 15 is 0 Å². The number of nitrogens with zero attached hydrogens (tertiary/aromatic N) is 13. The summed E-state index contributed by atoms with van der Waals surface area (Å²) in [5, 5.41) is 13.9. The molecule has 0 N–H and O–H groups in total. The van der Waals surface area contributed by atoms with Crippen LogP contribution in [0.4, 0.5) is 0 Å². The van der Waals surface area contributed by atoms with Gasteiger partial charge in [-0.15, -0.1) is 0 Å². The Hall–Kier alpha value is -17.9. The van der Waals surface area contributed by atoms with Crippen LogP contribution < -0.4 is 0 Å². The molecule has 9 aromatic heterocycles. The van der Waals surface area contributed by atoms with E-state index in [1.54, 1.807) is 0 Å². The van der Waals surface area contributed by atoms with Crippen LogP contribution >= 0.6 is 0 Å². The third-order valence-electron chi connectivity index (χ3n) is 26.0. The Morgan fingerprint density at radius 1 is 0.185 bits per heavy atom. The van der Waals surface area contributed by atoms with Gasteiger partial charge in [0, 0.05) is 104 Å². The van der Waals surface area contributed by atoms with Crippen molar-refractivity contribution in [3.05, 3.63) is 419 Å². The van der Waals surface area contributed by atoms with Gasteiger partial charge >= 0.3 is 0 Å². The minimum Gasteiger partial charge on any atom is -0.455 e. The molecule has 0 unspecified atom stereocenters. The second-order valence-electron chi connectivity index (χ2n) is 33.3. The van der Waals surface area contributed by atoms with Crippen molar-refractivity contribution < 1.29 is 4.42 Å². The van der Waals surface area contributed by atoms with E-state index in [0.29, 0.717) is 41.1 Å². The first kappa shape index (κ1) is 72.6. The van der Waals surface area contributed by atoms with Crippen molar-refractivity contribution in [2.24, 2.45) is 0 Å². The van der Waals surface area contributed by atoms with Gasteiger partial charge < -0.3 is 13.6 Å². The summed E-state index contributed by atoms with van der Waals surface area (Å²) in [7, 11) is 0. The molecule has 0 atom stereocenters. The highest BCUT2D eigenvalue weighted by Crippen LogP contribution is 2.48. The summed E-state index contributed by atoms with van der Waals surface area (Å²) in [6, 6.07) is 148. The topological polar surface area (TPSA) is 141 Å². The fourth-order valence-electron chi connectivity index (χ4n) is 20.2. The number of hydrogen-bond acceptors (Lipinski definition) is 9. The fourth-order valence-corrected chi connectivity index (χ4v) is 20.2. The van der Waals surface area contributed by atoms with Gasteiger partial charge in [0.25, 0.3) is 0 Å². The lowest BCUT2D eigenvalue weighted by Gasteiger charge is -2.13. The molecule has 9 heterocycles. The van der Waals surface area contributed by atoms with Crippen LogP contribution in [-0.2, 0) is 0 Å². The summed E-state index contributed by atoms with van der Waals surface area (Å²) in [5.74, 6) is 3.80. The molecule has 0 saturated carbocycles. The predicted molar refractivity (Wildman–Crippen MR) is 529 cm³/mol. The first-order chi connectivity index (χ1) is 64.5. The number of furan rings is 1. The zero-order chi connectivity index (χ0) is 85.2. The highest BCUT2D eigenvalue weighted by atomic mass is 16.3. The van der Waals surface area contributed by atoms with Crippen molar-refractivity contribution >= 4 is 142 Å². The molecule has 0 spiro atoms. The largest absolute Gasteiger partial charge is 0.455 e. The zero-order valence-corrected chi connectivity index (χ0v) is 69.6. The summed E-state index contributed by atoms with van der Waals surface area (Å²) in [5.41, 5.74) is 26.4. The minimum absolute atomic E-state index is 0.496. The van der Waals surface area contributed by atoms with Crippen LogP contribution in [0.5, 0.6) is 0 Å². The Balaban J connectivity index is 0.572. The van der Waals surface area contributed by atoms with E-state index in [4.69, 9.17) is 44.3 Å². The highest BCUT2D eigenvalue weighted by Gasteiger charge is 2.29. The van der Waals surface area contributed by atoms with Gasteiger partial charge in [0.15, 0.2) is 23.3 Å². The average molecular weight is 1660 g/mol. The van der Waals surface area contributed by atoms with Crippen molar-refractivity contribution in [3.63, 3.8) is 0 Å². The molecule has 0 saturated heterocycles. The Labute approximate surface area is 742 Å². The number of hydrogen-bond donors (Lipinski definition) is 0. The van der Waals surface area contributed by atoms with E-state index in [-0.39, 0.29) is 0 Å². The molecule has 0 amide bonds. The van der Waals surface area contributed by atoms with Gasteiger partial charge in [-0.1, -0.05) is 309 Å². The summed E-state index contributed by atoms with van der Waals surface area (Å²) < 4.78 is 18.2. The molecular formula is C116H69N13O. The van der Waals surface area contributed by atoms with Gasteiger partial charge in [-0.3, -0.25) is 13.7 Å². The maximum Gasteiger partial charge on any atom is 0.238 e. The Morgan fingerprint density at radius 3 is 1.25 bits per heavy atom. The second kappa shape index (κ2) is 28.8. The molecule has 18 aromatic carbocycles. The van der Waals surface area contributed by atoms with Crippen LogP contribution in [0.15, 0.2) is 423 Å². The summed E-state index contributed by atoms with van der Waals surface area (Å²) in [6.45, 7) is 0. The molecule has 0 fully saturated rings. The summed E-state index contributed by atoms with van der Waals surface area (Å²) >= 11 is 0. The molecule has 604 valence electrons. The quantitative estimate of drug-likeness (QED) is 0.110. The molecule has 14 heteroatoms. The fraction of sp³-hybridized carbons (Fsp3) is 0. The molecule has 0 radical (unpaired) electrons. The van der Waals surface area contributed by atoms with Crippen LogP contribution in [0, 0.1) is 0 Å². The Kier molecular flexibility index (Phi) is 16.1. The summed E-state index contributed by atoms with van der Waals surface area (Å²) in [6.07, 6.45) is 0. The molecule has 27 aromatic rings. The Bertz CT molecular complexity index is 9300. The van der Waals surface area contributed by atoms with Gasteiger partial charge in [0.05, 0.1) is 71.8 Å². The molecular weight excluding hydrogens is 1590 g/mol. The monoisotopic (exact) mass is 1660 g/mol. The van der Waals surface area contributed by atoms with E-state index in [0.717, 1.165) is 220 Å². The van der Waals surface area contributed by atoms with Gasteiger partial charge in [-0.2, -0.15) is 19.9 Å². The van der Waals surface area contributed by atoms with Crippen LogP contribution in [0.1, 0.15) is 0 Å². The zero-order valence-electron chi connectivity index (χ0n) is 69.6. The van der Waals surface area contributed by atoms with Crippen molar-refractivity contribution in [1.82, 2.24) is 62.7 Å². The maximum atomic E-state index is 6.67. The van der Waals surface area contributed by atoms with Gasteiger partial charge in [-0.05, 0) is 143 Å². The molecule has 0 bridgehead atoms. The lowest BCUT2D eigenvalue weighted by atomic mass is 9.97. The van der Waals surface area contributed by atoms with Crippen LogP contribution in [-0.4, -0.2) is 62.7 Å². The number of benzene rings is 18. The second-order valence-corrected chi connectivity index (χ2v) is 33.3. The molecule has 0 aliphatic heterocycles. The standard InChI is InChI=1S/C116H69N13O/c1-6-29-71(30-7-1)106-93-67-77(57-63-94(93)117-114(118-106)127-98-52-24-19-47-89(98)105-100(127)64-62-88-86-46-20-25-54-103(86)130-109(88)105)76-38-26-37-75(65-76)70-55-58-81(59-56-70)125-95-49-21-17-44-84(95)91-69-102-92(68-101(91)125)85-45-18-23-51-97(85)128(102)115-121-112(74-35-12-4-13-36-74)120-113(124-115)79-40-27-39-78(66-79)82-48-28-53-99-104(82)90-61-60-87-83-43-16-22-50-96(83)126(80-41-14-5-15-42-80)107(87)108(90)129(99)116-122-110(72-31-8-2-9-32-72)119-111(123-116)73-33-10-3-11-34-73/h1-69H. The van der Waals surface area contributed by atoms with Gasteiger partial charge in [-0.25, -0.2) is 19.9 Å². The van der Waals surface area contributed by atoms with Crippen LogP contribution in [0.25, 0.3) is 261 Å². The normalized spacial score (nSPS) is 12.0. The first-order valence-electron chi connectivity index (χ1n) is 43.7. The van der Waals surface area contributed by atoms with E-state index < -0.39 is 0 Å². The third-order valence-corrected chi connectivity index (χ3v) is 26.0. The Morgan fingerprint density at radius 2 is 0.600 bits per heavy atom. The third kappa shape index (κ3) is 11.3. The summed E-state index contributed by atoms with van der Waals surface area (Å²) in [4.78, 5) is 43.7. The lowest BCUT2D eigenvalue weighted by molar-refractivity contribution is 0.673. The first-order valence-corrected chi connectivity index (χ1v) is 43.7. The number of aromatic nitrogens is 13. The van der Waals surface area contributed by atoms with Crippen molar-refractivity contribution in [2.45, 2.75) is 0 Å². The van der Waals surface area contributed by atoms with E-state index in [9.17, 15) is 0 Å². The average Bonchev–Trinajstić information content (AvgIpc) is 1.54. The van der Waals surface area contributed by atoms with Crippen LogP contribution in [0.2, 0.25) is 0 Å². The number of rotatable bonds is 13. The van der Waals surface area contributed by atoms with Crippen molar-refractivity contribution in [3.8, 4) is 119 Å². The number of fused-ring (bicyclic) bond motifs is 21. The highest BCUT2D eigenvalue weighted by molar-refractivity contribution is 6.27. The molecule has 14 nitrogen and oxygen atoms in total. The molecule has 0 aliphatic carbocycles. The predicted octanol–water partition coefficient (Wildman–Crippen LogP) is 28.7.